The minimum Gasteiger partial charge on any atom is -0.144 e. The van der Waals surface area contributed by atoms with Gasteiger partial charge >= 0.3 is 0 Å². The maximum atomic E-state index is 3.78. The van der Waals surface area contributed by atoms with Gasteiger partial charge in [-0.15, -0.1) is 34.0 Å². The molecule has 0 unspecified atom stereocenters. The summed E-state index contributed by atoms with van der Waals surface area (Å²) in [4.78, 5) is 4.49. The molecule has 135 valence electrons. The number of aryl methyl sites for hydroxylation is 1. The molecule has 25 heavy (non-hydrogen) atoms. The number of hydrogen-bond donors (Lipinski definition) is 0. The monoisotopic (exact) mass is 453 g/mol. The first-order valence-electron chi connectivity index (χ1n) is 9.41. The SMILES string of the molecule is CCCCCCCCCCc1cc(Br)c(Cc2cc3s[c]cc3s2)s1. The highest BCUT2D eigenvalue weighted by Crippen LogP contribution is 2.35. The third kappa shape index (κ3) is 5.92. The third-order valence-corrected chi connectivity index (χ3v) is 8.72. The Bertz CT molecular complexity index is 737. The normalized spacial score (nSPS) is 11.6. The van der Waals surface area contributed by atoms with Crippen molar-refractivity contribution in [3.63, 3.8) is 0 Å². The van der Waals surface area contributed by atoms with Crippen LogP contribution in [0.15, 0.2) is 22.7 Å². The van der Waals surface area contributed by atoms with Crippen molar-refractivity contribution in [3.8, 4) is 0 Å². The molecule has 0 aliphatic heterocycles. The van der Waals surface area contributed by atoms with Crippen molar-refractivity contribution in [3.05, 3.63) is 42.7 Å². The first kappa shape index (κ1) is 19.6. The molecule has 3 aromatic heterocycles. The van der Waals surface area contributed by atoms with Crippen LogP contribution < -0.4 is 0 Å². The van der Waals surface area contributed by atoms with Gasteiger partial charge in [-0.25, -0.2) is 0 Å². The molecule has 4 heteroatoms. The minimum atomic E-state index is 1.06. The van der Waals surface area contributed by atoms with Crippen LogP contribution in [0.5, 0.6) is 0 Å². The van der Waals surface area contributed by atoms with E-state index >= 15 is 0 Å². The Balaban J connectivity index is 1.42. The van der Waals surface area contributed by atoms with E-state index in [9.17, 15) is 0 Å². The molecule has 0 saturated heterocycles. The lowest BCUT2D eigenvalue weighted by Gasteiger charge is -2.00. The van der Waals surface area contributed by atoms with Gasteiger partial charge in [-0.1, -0.05) is 51.9 Å². The lowest BCUT2D eigenvalue weighted by atomic mass is 10.1. The second kappa shape index (κ2) is 10.2. The van der Waals surface area contributed by atoms with Crippen LogP contribution in [-0.2, 0) is 12.8 Å². The summed E-state index contributed by atoms with van der Waals surface area (Å²) in [5, 5.41) is 3.22. The summed E-state index contributed by atoms with van der Waals surface area (Å²) in [5.41, 5.74) is 0. The van der Waals surface area contributed by atoms with E-state index in [0.29, 0.717) is 0 Å². The molecule has 0 aromatic carbocycles. The summed E-state index contributed by atoms with van der Waals surface area (Å²) in [5.74, 6) is 0. The molecular weight excluding hydrogens is 428 g/mol. The number of rotatable bonds is 11. The molecule has 3 aromatic rings. The smallest absolute Gasteiger partial charge is 0.0464 e. The lowest BCUT2D eigenvalue weighted by molar-refractivity contribution is 0.576. The molecule has 0 amide bonds. The van der Waals surface area contributed by atoms with Gasteiger partial charge in [0.15, 0.2) is 0 Å². The van der Waals surface area contributed by atoms with Crippen molar-refractivity contribution < 1.29 is 0 Å². The molecular formula is C21H26BrS3. The molecule has 3 rings (SSSR count). The van der Waals surface area contributed by atoms with Crippen LogP contribution in [0.25, 0.3) is 9.40 Å². The second-order valence-electron chi connectivity index (χ2n) is 6.69. The number of halogens is 1. The van der Waals surface area contributed by atoms with Gasteiger partial charge in [-0.05, 0) is 47.0 Å². The third-order valence-electron chi connectivity index (χ3n) is 4.55. The molecule has 1 radical (unpaired) electrons. The molecule has 0 spiro atoms. The quantitative estimate of drug-likeness (QED) is 0.254. The van der Waals surface area contributed by atoms with E-state index in [1.807, 2.05) is 22.7 Å². The summed E-state index contributed by atoms with van der Waals surface area (Å²) in [7, 11) is 0. The van der Waals surface area contributed by atoms with E-state index in [4.69, 9.17) is 0 Å². The van der Waals surface area contributed by atoms with Gasteiger partial charge in [-0.2, -0.15) is 0 Å². The van der Waals surface area contributed by atoms with Crippen LogP contribution in [0.1, 0.15) is 72.9 Å². The van der Waals surface area contributed by atoms with Crippen LogP contribution in [-0.4, -0.2) is 0 Å². The predicted octanol–water partition coefficient (Wildman–Crippen LogP) is 8.86. The topological polar surface area (TPSA) is 0 Å². The zero-order chi connectivity index (χ0) is 17.5. The van der Waals surface area contributed by atoms with Crippen molar-refractivity contribution in [2.24, 2.45) is 0 Å². The van der Waals surface area contributed by atoms with Gasteiger partial charge < -0.3 is 0 Å². The zero-order valence-corrected chi connectivity index (χ0v) is 18.9. The highest BCUT2D eigenvalue weighted by atomic mass is 79.9. The van der Waals surface area contributed by atoms with Crippen LogP contribution in [0, 0.1) is 5.38 Å². The zero-order valence-electron chi connectivity index (χ0n) is 14.9. The molecule has 3 heterocycles. The average molecular weight is 455 g/mol. The number of thiophene rings is 3. The molecule has 0 N–H and O–H groups in total. The van der Waals surface area contributed by atoms with Crippen molar-refractivity contribution >= 4 is 59.3 Å². The number of unbranched alkanes of at least 4 members (excludes halogenated alkanes) is 7. The van der Waals surface area contributed by atoms with E-state index in [0.717, 1.165) is 6.42 Å². The van der Waals surface area contributed by atoms with Gasteiger partial charge in [0.1, 0.15) is 0 Å². The Morgan fingerprint density at radius 2 is 1.64 bits per heavy atom. The number of hydrogen-bond acceptors (Lipinski definition) is 3. The summed E-state index contributed by atoms with van der Waals surface area (Å²) < 4.78 is 4.06. The van der Waals surface area contributed by atoms with Crippen molar-refractivity contribution in [2.45, 2.75) is 71.1 Å². The molecule has 0 nitrogen and oxygen atoms in total. The highest BCUT2D eigenvalue weighted by Gasteiger charge is 2.10. The van der Waals surface area contributed by atoms with Crippen LogP contribution in [0.2, 0.25) is 0 Å². The van der Waals surface area contributed by atoms with E-state index in [1.54, 1.807) is 16.2 Å². The Hall–Kier alpha value is -0.160. The van der Waals surface area contributed by atoms with Gasteiger partial charge in [-0.3, -0.25) is 0 Å². The van der Waals surface area contributed by atoms with Crippen molar-refractivity contribution in [1.82, 2.24) is 0 Å². The predicted molar refractivity (Wildman–Crippen MR) is 120 cm³/mol. The molecule has 0 aliphatic rings. The Kier molecular flexibility index (Phi) is 8.03. The first-order valence-corrected chi connectivity index (χ1v) is 12.7. The molecule has 0 aliphatic carbocycles. The fourth-order valence-electron chi connectivity index (χ4n) is 3.15. The van der Waals surface area contributed by atoms with Crippen molar-refractivity contribution in [2.75, 3.05) is 0 Å². The highest BCUT2D eigenvalue weighted by molar-refractivity contribution is 9.10. The first-order chi connectivity index (χ1) is 12.3. The van der Waals surface area contributed by atoms with Crippen LogP contribution in [0.3, 0.4) is 0 Å². The summed E-state index contributed by atoms with van der Waals surface area (Å²) in [6.07, 6.45) is 13.5. The molecule has 0 atom stereocenters. The molecule has 0 bridgehead atoms. The van der Waals surface area contributed by atoms with Gasteiger partial charge in [0, 0.05) is 40.3 Å². The summed E-state index contributed by atoms with van der Waals surface area (Å²) in [6, 6.07) is 6.81. The molecule has 0 saturated carbocycles. The van der Waals surface area contributed by atoms with Gasteiger partial charge in [0.2, 0.25) is 0 Å². The Labute approximate surface area is 172 Å². The average Bonchev–Trinajstić information content (AvgIpc) is 3.26. The van der Waals surface area contributed by atoms with Gasteiger partial charge in [0.25, 0.3) is 0 Å². The largest absolute Gasteiger partial charge is 0.144 e. The van der Waals surface area contributed by atoms with E-state index in [1.165, 1.54) is 81.4 Å². The maximum absolute atomic E-state index is 3.78. The fraction of sp³-hybridized carbons (Fsp3) is 0.524. The Morgan fingerprint density at radius 1 is 0.880 bits per heavy atom. The summed E-state index contributed by atoms with van der Waals surface area (Å²) >= 11 is 9.42. The van der Waals surface area contributed by atoms with E-state index in [-0.39, 0.29) is 0 Å². The lowest BCUT2D eigenvalue weighted by Crippen LogP contribution is -1.83. The van der Waals surface area contributed by atoms with Crippen LogP contribution >= 0.6 is 49.9 Å². The summed E-state index contributed by atoms with van der Waals surface area (Å²) in [6.45, 7) is 2.29. The maximum Gasteiger partial charge on any atom is 0.0464 e. The van der Waals surface area contributed by atoms with E-state index < -0.39 is 0 Å². The standard InChI is InChI=1S/C21H26BrS3/c1-2-3-4-5-6-7-8-9-10-16-13-18(22)20(24-16)14-17-15-21-19(25-17)11-12-23-21/h11,13,15H,2-10,14H2,1H3. The minimum absolute atomic E-state index is 1.06. The van der Waals surface area contributed by atoms with Crippen LogP contribution in [0.4, 0.5) is 0 Å². The second-order valence-corrected chi connectivity index (χ2v) is 10.8. The van der Waals surface area contributed by atoms with E-state index in [2.05, 4.69) is 46.4 Å². The molecule has 0 fully saturated rings. The van der Waals surface area contributed by atoms with Gasteiger partial charge in [0.05, 0.1) is 0 Å². The Morgan fingerprint density at radius 3 is 2.40 bits per heavy atom. The number of fused-ring (bicyclic) bond motifs is 1. The fourth-order valence-corrected chi connectivity index (χ4v) is 7.19. The van der Waals surface area contributed by atoms with Crippen molar-refractivity contribution in [1.29, 1.82) is 0 Å².